The molecule has 112 valence electrons. The van der Waals surface area contributed by atoms with Crippen LogP contribution in [0.1, 0.15) is 26.3 Å². The predicted molar refractivity (Wildman–Crippen MR) is 82.7 cm³/mol. The van der Waals surface area contributed by atoms with E-state index in [0.717, 1.165) is 11.3 Å². The number of nitrogens with two attached hydrogens (primary N) is 1. The van der Waals surface area contributed by atoms with Crippen LogP contribution in [0, 0.1) is 5.92 Å². The summed E-state index contributed by atoms with van der Waals surface area (Å²) in [7, 11) is 0. The number of rotatable bonds is 5. The molecule has 0 aliphatic carbocycles. The molecule has 1 aromatic rings. The largest absolute Gasteiger partial charge is 0.351 e. The molecule has 0 saturated carbocycles. The third kappa shape index (κ3) is 6.04. The molecule has 20 heavy (non-hydrogen) atoms. The fourth-order valence-electron chi connectivity index (χ4n) is 1.34. The van der Waals surface area contributed by atoms with Crippen LogP contribution < -0.4 is 16.4 Å². The maximum atomic E-state index is 11.5. The Hall–Kier alpha value is -1.59. The van der Waals surface area contributed by atoms with Crippen LogP contribution in [0.3, 0.4) is 0 Å². The first-order chi connectivity index (χ1) is 8.90. The van der Waals surface area contributed by atoms with Gasteiger partial charge >= 0.3 is 0 Å². The van der Waals surface area contributed by atoms with E-state index in [-0.39, 0.29) is 30.1 Å². The van der Waals surface area contributed by atoms with Gasteiger partial charge in [-0.15, -0.1) is 12.4 Å². The minimum Gasteiger partial charge on any atom is -0.351 e. The first kappa shape index (κ1) is 18.4. The number of benzene rings is 1. The number of nitrogens with one attached hydrogen (secondary N) is 2. The van der Waals surface area contributed by atoms with Crippen LogP contribution in [-0.4, -0.2) is 17.9 Å². The Balaban J connectivity index is 0.00000361. The molecule has 0 aliphatic heterocycles. The van der Waals surface area contributed by atoms with Crippen molar-refractivity contribution < 1.29 is 9.59 Å². The van der Waals surface area contributed by atoms with Crippen molar-refractivity contribution in [1.82, 2.24) is 5.32 Å². The standard InChI is InChI=1S/C14H21N3O2.ClH/c1-9(2)13(18)17-12-6-4-11(5-7-12)8-16-14(19)10(3)15;/h4-7,9-10H,8,15H2,1-3H3,(H,16,19)(H,17,18);1H/t10-;/m1./s1. The Morgan fingerprint density at radius 3 is 2.10 bits per heavy atom. The van der Waals surface area contributed by atoms with Crippen LogP contribution in [0.25, 0.3) is 0 Å². The van der Waals surface area contributed by atoms with E-state index in [9.17, 15) is 9.59 Å². The summed E-state index contributed by atoms with van der Waals surface area (Å²) in [5.41, 5.74) is 7.15. The molecule has 0 aromatic heterocycles. The Morgan fingerprint density at radius 1 is 1.10 bits per heavy atom. The van der Waals surface area contributed by atoms with E-state index in [2.05, 4.69) is 10.6 Å². The van der Waals surface area contributed by atoms with Crippen LogP contribution in [0.15, 0.2) is 24.3 Å². The monoisotopic (exact) mass is 299 g/mol. The number of hydrogen-bond donors (Lipinski definition) is 3. The van der Waals surface area contributed by atoms with Crippen LogP contribution in [0.2, 0.25) is 0 Å². The van der Waals surface area contributed by atoms with Gasteiger partial charge in [0.2, 0.25) is 11.8 Å². The van der Waals surface area contributed by atoms with Crippen LogP contribution >= 0.6 is 12.4 Å². The quantitative estimate of drug-likeness (QED) is 0.773. The van der Waals surface area contributed by atoms with E-state index in [1.807, 2.05) is 38.1 Å². The van der Waals surface area contributed by atoms with Crippen molar-refractivity contribution in [1.29, 1.82) is 0 Å². The van der Waals surface area contributed by atoms with E-state index in [1.54, 1.807) is 6.92 Å². The molecule has 2 amide bonds. The van der Waals surface area contributed by atoms with Crippen molar-refractivity contribution in [3.8, 4) is 0 Å². The van der Waals surface area contributed by atoms with Crippen molar-refractivity contribution in [3.63, 3.8) is 0 Å². The van der Waals surface area contributed by atoms with Crippen molar-refractivity contribution in [3.05, 3.63) is 29.8 Å². The maximum Gasteiger partial charge on any atom is 0.236 e. The van der Waals surface area contributed by atoms with Gasteiger partial charge in [0.1, 0.15) is 0 Å². The minimum atomic E-state index is -0.510. The number of anilines is 1. The molecule has 0 aliphatic rings. The highest BCUT2D eigenvalue weighted by molar-refractivity contribution is 5.92. The summed E-state index contributed by atoms with van der Waals surface area (Å²) in [5.74, 6) is -0.250. The number of hydrogen-bond acceptors (Lipinski definition) is 3. The Labute approximate surface area is 125 Å². The second-order valence-corrected chi connectivity index (χ2v) is 4.85. The molecule has 1 atom stereocenters. The lowest BCUT2D eigenvalue weighted by atomic mass is 10.1. The summed E-state index contributed by atoms with van der Waals surface area (Å²) in [5, 5.41) is 5.53. The van der Waals surface area contributed by atoms with Crippen LogP contribution in [0.4, 0.5) is 5.69 Å². The molecule has 6 heteroatoms. The topological polar surface area (TPSA) is 84.2 Å². The molecule has 0 radical (unpaired) electrons. The normalized spacial score (nSPS) is 11.4. The highest BCUT2D eigenvalue weighted by Gasteiger charge is 2.08. The minimum absolute atomic E-state index is 0. The second kappa shape index (κ2) is 8.55. The summed E-state index contributed by atoms with van der Waals surface area (Å²) >= 11 is 0. The fourth-order valence-corrected chi connectivity index (χ4v) is 1.34. The third-order valence-corrected chi connectivity index (χ3v) is 2.63. The van der Waals surface area contributed by atoms with Gasteiger partial charge in [0, 0.05) is 18.2 Å². The van der Waals surface area contributed by atoms with Gasteiger partial charge in [-0.25, -0.2) is 0 Å². The summed E-state index contributed by atoms with van der Waals surface area (Å²) in [4.78, 5) is 22.8. The Morgan fingerprint density at radius 2 is 1.65 bits per heavy atom. The van der Waals surface area contributed by atoms with E-state index in [4.69, 9.17) is 5.73 Å². The number of halogens is 1. The smallest absolute Gasteiger partial charge is 0.236 e. The van der Waals surface area contributed by atoms with E-state index in [0.29, 0.717) is 6.54 Å². The zero-order valence-corrected chi connectivity index (χ0v) is 12.8. The molecule has 4 N–H and O–H groups in total. The molecule has 0 fully saturated rings. The second-order valence-electron chi connectivity index (χ2n) is 4.85. The number of carbonyl (C=O) groups is 2. The van der Waals surface area contributed by atoms with Crippen molar-refractivity contribution in [2.24, 2.45) is 11.7 Å². The average molecular weight is 300 g/mol. The highest BCUT2D eigenvalue weighted by atomic mass is 35.5. The molecule has 1 rings (SSSR count). The van der Waals surface area contributed by atoms with Gasteiger partial charge in [0.25, 0.3) is 0 Å². The lowest BCUT2D eigenvalue weighted by Gasteiger charge is -2.10. The van der Waals surface area contributed by atoms with E-state index in [1.165, 1.54) is 0 Å². The van der Waals surface area contributed by atoms with Gasteiger partial charge in [0.05, 0.1) is 6.04 Å². The van der Waals surface area contributed by atoms with Gasteiger partial charge in [-0.05, 0) is 24.6 Å². The van der Waals surface area contributed by atoms with Gasteiger partial charge in [-0.2, -0.15) is 0 Å². The highest BCUT2D eigenvalue weighted by Crippen LogP contribution is 2.10. The molecule has 0 bridgehead atoms. The maximum absolute atomic E-state index is 11.5. The summed E-state index contributed by atoms with van der Waals surface area (Å²) in [6.45, 7) is 5.75. The van der Waals surface area contributed by atoms with Gasteiger partial charge in [-0.3, -0.25) is 9.59 Å². The van der Waals surface area contributed by atoms with Crippen LogP contribution in [0.5, 0.6) is 0 Å². The van der Waals surface area contributed by atoms with Crippen molar-refractivity contribution in [2.45, 2.75) is 33.4 Å². The molecule has 5 nitrogen and oxygen atoms in total. The molecule has 0 saturated heterocycles. The van der Waals surface area contributed by atoms with Crippen molar-refractivity contribution >= 4 is 29.9 Å². The molecule has 0 heterocycles. The summed E-state index contributed by atoms with van der Waals surface area (Å²) in [6, 6.07) is 6.83. The SMILES string of the molecule is CC(C)C(=O)Nc1ccc(CNC(=O)[C@@H](C)N)cc1.Cl. The van der Waals surface area contributed by atoms with Crippen molar-refractivity contribution in [2.75, 3.05) is 5.32 Å². The Kier molecular flexibility index (Phi) is 7.87. The van der Waals surface area contributed by atoms with E-state index >= 15 is 0 Å². The van der Waals surface area contributed by atoms with E-state index < -0.39 is 6.04 Å². The first-order valence-corrected chi connectivity index (χ1v) is 6.33. The average Bonchev–Trinajstić information content (AvgIpc) is 2.37. The zero-order chi connectivity index (χ0) is 14.4. The molecule has 0 unspecified atom stereocenters. The summed E-state index contributed by atoms with van der Waals surface area (Å²) in [6.07, 6.45) is 0. The molecule has 1 aromatic carbocycles. The number of carbonyl (C=O) groups excluding carboxylic acids is 2. The van der Waals surface area contributed by atoms with Gasteiger partial charge in [0.15, 0.2) is 0 Å². The van der Waals surface area contributed by atoms with Gasteiger partial charge in [-0.1, -0.05) is 26.0 Å². The fraction of sp³-hybridized carbons (Fsp3) is 0.429. The predicted octanol–water partition coefficient (Wildman–Crippen LogP) is 1.67. The summed E-state index contributed by atoms with van der Waals surface area (Å²) < 4.78 is 0. The zero-order valence-electron chi connectivity index (χ0n) is 12.0. The molecular formula is C14H22ClN3O2. The lowest BCUT2D eigenvalue weighted by Crippen LogP contribution is -2.37. The Bertz CT molecular complexity index is 444. The third-order valence-electron chi connectivity index (χ3n) is 2.63. The lowest BCUT2D eigenvalue weighted by molar-refractivity contribution is -0.122. The van der Waals surface area contributed by atoms with Crippen LogP contribution in [-0.2, 0) is 16.1 Å². The first-order valence-electron chi connectivity index (χ1n) is 6.33. The van der Waals surface area contributed by atoms with Gasteiger partial charge < -0.3 is 16.4 Å². The molecular weight excluding hydrogens is 278 g/mol. The molecule has 0 spiro atoms. The number of amides is 2.